The molecular weight excluding hydrogens is 350 g/mol. The number of hydrogen-bond donors (Lipinski definition) is 2. The van der Waals surface area contributed by atoms with Crippen LogP contribution < -0.4 is 5.32 Å². The monoisotopic (exact) mass is 371 g/mol. The Kier molecular flexibility index (Phi) is 4.94. The molecule has 3 aromatic rings. The van der Waals surface area contributed by atoms with Crippen LogP contribution >= 0.6 is 0 Å². The summed E-state index contributed by atoms with van der Waals surface area (Å²) in [6.45, 7) is 0. The number of fused-ring (bicyclic) bond motifs is 3. The normalized spacial score (nSPS) is 13.4. The number of carbonyl (C=O) groups excluding carboxylic acids is 1. The molecule has 0 radical (unpaired) electrons. The summed E-state index contributed by atoms with van der Waals surface area (Å²) in [5.41, 5.74) is 5.01. The molecule has 2 N–H and O–H groups in total. The van der Waals surface area contributed by atoms with Crippen LogP contribution in [0.3, 0.4) is 0 Å². The molecule has 0 bridgehead atoms. The van der Waals surface area contributed by atoms with Gasteiger partial charge in [0.05, 0.1) is 0 Å². The zero-order valence-corrected chi connectivity index (χ0v) is 15.3. The lowest BCUT2D eigenvalue weighted by Crippen LogP contribution is -2.45. The fourth-order valence-electron chi connectivity index (χ4n) is 3.99. The van der Waals surface area contributed by atoms with Crippen LogP contribution in [-0.2, 0) is 16.0 Å². The van der Waals surface area contributed by atoms with E-state index in [0.717, 1.165) is 27.8 Å². The fraction of sp³-hybridized carbons (Fsp3) is 0.167. The van der Waals surface area contributed by atoms with Gasteiger partial charge in [-0.15, -0.1) is 0 Å². The summed E-state index contributed by atoms with van der Waals surface area (Å²) in [7, 11) is 0. The van der Waals surface area contributed by atoms with Crippen LogP contribution in [0, 0.1) is 0 Å². The van der Waals surface area contributed by atoms with E-state index in [1.165, 1.54) is 0 Å². The molecule has 0 aliphatic heterocycles. The van der Waals surface area contributed by atoms with E-state index in [9.17, 15) is 14.7 Å². The molecule has 140 valence electrons. The van der Waals surface area contributed by atoms with Crippen LogP contribution in [0.4, 0.5) is 0 Å². The van der Waals surface area contributed by atoms with Gasteiger partial charge in [0.1, 0.15) is 6.04 Å². The van der Waals surface area contributed by atoms with Crippen molar-refractivity contribution in [1.82, 2.24) is 5.32 Å². The van der Waals surface area contributed by atoms with Crippen LogP contribution in [0.5, 0.6) is 0 Å². The first-order chi connectivity index (χ1) is 13.6. The van der Waals surface area contributed by atoms with Gasteiger partial charge in [0.25, 0.3) is 0 Å². The number of rotatable bonds is 6. The molecule has 0 spiro atoms. The summed E-state index contributed by atoms with van der Waals surface area (Å²) in [4.78, 5) is 24.6. The predicted molar refractivity (Wildman–Crippen MR) is 108 cm³/mol. The summed E-state index contributed by atoms with van der Waals surface area (Å²) in [5.74, 6) is -1.67. The summed E-state index contributed by atoms with van der Waals surface area (Å²) in [5, 5.41) is 12.7. The van der Waals surface area contributed by atoms with Gasteiger partial charge in [-0.25, -0.2) is 4.79 Å². The van der Waals surface area contributed by atoms with Gasteiger partial charge in [-0.1, -0.05) is 78.9 Å². The third-order valence-corrected chi connectivity index (χ3v) is 5.28. The second kappa shape index (κ2) is 7.69. The average molecular weight is 371 g/mol. The van der Waals surface area contributed by atoms with Crippen molar-refractivity contribution in [2.45, 2.75) is 24.8 Å². The molecule has 0 saturated heterocycles. The van der Waals surface area contributed by atoms with Gasteiger partial charge in [0, 0.05) is 12.3 Å². The maximum absolute atomic E-state index is 12.5. The van der Waals surface area contributed by atoms with Gasteiger partial charge in [-0.2, -0.15) is 0 Å². The van der Waals surface area contributed by atoms with Crippen LogP contribution in [0.2, 0.25) is 0 Å². The molecule has 0 saturated carbocycles. The summed E-state index contributed by atoms with van der Waals surface area (Å²) < 4.78 is 0. The molecule has 4 rings (SSSR count). The Morgan fingerprint density at radius 1 is 0.821 bits per heavy atom. The van der Waals surface area contributed by atoms with Crippen LogP contribution in [0.15, 0.2) is 78.9 Å². The number of carboxylic acids is 1. The van der Waals surface area contributed by atoms with Crippen molar-refractivity contribution >= 4 is 11.9 Å². The Hall–Kier alpha value is -3.40. The Morgan fingerprint density at radius 3 is 1.93 bits per heavy atom. The topological polar surface area (TPSA) is 66.4 Å². The first kappa shape index (κ1) is 18.0. The second-order valence-corrected chi connectivity index (χ2v) is 7.02. The van der Waals surface area contributed by atoms with E-state index in [0.29, 0.717) is 6.42 Å². The van der Waals surface area contributed by atoms with E-state index >= 15 is 0 Å². The van der Waals surface area contributed by atoms with Crippen molar-refractivity contribution in [2.75, 3.05) is 0 Å². The highest BCUT2D eigenvalue weighted by Gasteiger charge is 2.38. The number of benzene rings is 3. The molecule has 0 fully saturated rings. The maximum atomic E-state index is 12.5. The standard InChI is InChI=1S/C24H21NO3/c26-21(15-14-16-8-2-1-3-9-16)25-23(24(27)28)22-19-12-6-4-10-17(19)18-11-5-7-13-20(18)22/h1-13,22-23H,14-15H2,(H,25,26)(H,27,28)/t23-/m1/s1. The van der Waals surface area contributed by atoms with Crippen molar-refractivity contribution in [2.24, 2.45) is 0 Å². The largest absolute Gasteiger partial charge is 0.480 e. The van der Waals surface area contributed by atoms with Crippen molar-refractivity contribution in [3.05, 3.63) is 95.6 Å². The van der Waals surface area contributed by atoms with E-state index in [1.54, 1.807) is 0 Å². The molecule has 28 heavy (non-hydrogen) atoms. The molecule has 0 heterocycles. The van der Waals surface area contributed by atoms with Crippen LogP contribution in [0.25, 0.3) is 11.1 Å². The van der Waals surface area contributed by atoms with Gasteiger partial charge >= 0.3 is 5.97 Å². The molecule has 4 nitrogen and oxygen atoms in total. The first-order valence-corrected chi connectivity index (χ1v) is 9.39. The number of hydrogen-bond acceptors (Lipinski definition) is 2. The second-order valence-electron chi connectivity index (χ2n) is 7.02. The van der Waals surface area contributed by atoms with Gasteiger partial charge in [0.15, 0.2) is 0 Å². The highest BCUT2D eigenvalue weighted by atomic mass is 16.4. The Morgan fingerprint density at radius 2 is 1.36 bits per heavy atom. The van der Waals surface area contributed by atoms with Gasteiger partial charge < -0.3 is 10.4 Å². The van der Waals surface area contributed by atoms with Crippen LogP contribution in [0.1, 0.15) is 29.0 Å². The minimum Gasteiger partial charge on any atom is -0.480 e. The van der Waals surface area contributed by atoms with Crippen molar-refractivity contribution in [3.63, 3.8) is 0 Å². The predicted octanol–water partition coefficient (Wildman–Crippen LogP) is 4.00. The summed E-state index contributed by atoms with van der Waals surface area (Å²) in [6, 6.07) is 24.3. The Labute approximate surface area is 163 Å². The maximum Gasteiger partial charge on any atom is 0.327 e. The van der Waals surface area contributed by atoms with Crippen molar-refractivity contribution < 1.29 is 14.7 Å². The highest BCUT2D eigenvalue weighted by Crippen LogP contribution is 2.46. The molecule has 0 aromatic heterocycles. The number of amides is 1. The SMILES string of the molecule is O=C(CCc1ccccc1)N[C@@H](C(=O)O)C1c2ccccc2-c2ccccc21. The fourth-order valence-corrected chi connectivity index (χ4v) is 3.99. The number of aryl methyl sites for hydroxylation is 1. The zero-order valence-electron chi connectivity index (χ0n) is 15.3. The molecule has 4 heteroatoms. The van der Waals surface area contributed by atoms with Gasteiger partial charge in [-0.05, 0) is 34.2 Å². The summed E-state index contributed by atoms with van der Waals surface area (Å²) in [6.07, 6.45) is 0.834. The third-order valence-electron chi connectivity index (χ3n) is 5.28. The Bertz CT molecular complexity index is 968. The van der Waals surface area contributed by atoms with E-state index < -0.39 is 17.9 Å². The van der Waals surface area contributed by atoms with Crippen LogP contribution in [-0.4, -0.2) is 23.0 Å². The third kappa shape index (κ3) is 3.41. The number of carboxylic acid groups (broad SMARTS) is 1. The van der Waals surface area contributed by atoms with E-state index in [2.05, 4.69) is 5.32 Å². The Balaban J connectivity index is 1.58. The quantitative estimate of drug-likeness (QED) is 0.688. The molecular formula is C24H21NO3. The molecule has 1 atom stereocenters. The zero-order chi connectivity index (χ0) is 19.5. The minimum absolute atomic E-state index is 0.252. The smallest absolute Gasteiger partial charge is 0.327 e. The molecule has 0 unspecified atom stereocenters. The minimum atomic E-state index is -1.02. The van der Waals surface area contributed by atoms with Crippen molar-refractivity contribution in [3.8, 4) is 11.1 Å². The molecule has 1 aliphatic carbocycles. The lowest BCUT2D eigenvalue weighted by Gasteiger charge is -2.23. The lowest BCUT2D eigenvalue weighted by atomic mass is 9.89. The molecule has 1 aliphatic rings. The number of nitrogens with one attached hydrogen (secondary N) is 1. The van der Waals surface area contributed by atoms with Gasteiger partial charge in [-0.3, -0.25) is 4.79 Å². The lowest BCUT2D eigenvalue weighted by molar-refractivity contribution is -0.142. The molecule has 1 amide bonds. The average Bonchev–Trinajstić information content (AvgIpc) is 3.05. The van der Waals surface area contributed by atoms with E-state index in [1.807, 2.05) is 78.9 Å². The molecule has 3 aromatic carbocycles. The van der Waals surface area contributed by atoms with E-state index in [-0.39, 0.29) is 12.3 Å². The van der Waals surface area contributed by atoms with E-state index in [4.69, 9.17) is 0 Å². The summed E-state index contributed by atoms with van der Waals surface area (Å²) >= 11 is 0. The number of aliphatic carboxylic acids is 1. The first-order valence-electron chi connectivity index (χ1n) is 9.39. The van der Waals surface area contributed by atoms with Gasteiger partial charge in [0.2, 0.25) is 5.91 Å². The highest BCUT2D eigenvalue weighted by molar-refractivity contribution is 5.88. The van der Waals surface area contributed by atoms with Crippen molar-refractivity contribution in [1.29, 1.82) is 0 Å². The number of carbonyl (C=O) groups is 2.